The predicted molar refractivity (Wildman–Crippen MR) is 161 cm³/mol. The van der Waals surface area contributed by atoms with Crippen molar-refractivity contribution in [2.24, 2.45) is 4.99 Å². The summed E-state index contributed by atoms with van der Waals surface area (Å²) in [5, 5.41) is 0.849. The van der Waals surface area contributed by atoms with Gasteiger partial charge < -0.3 is 14.2 Å². The highest BCUT2D eigenvalue weighted by molar-refractivity contribution is 7.07. The maximum absolute atomic E-state index is 13.9. The average Bonchev–Trinajstić information content (AvgIpc) is 3.27. The van der Waals surface area contributed by atoms with Gasteiger partial charge in [0.25, 0.3) is 5.56 Å². The van der Waals surface area contributed by atoms with E-state index in [9.17, 15) is 14.0 Å². The fraction of sp³-hybridized carbons (Fsp3) is 0.194. The minimum absolute atomic E-state index is 0.150. The molecule has 1 aliphatic heterocycles. The number of fused-ring (bicyclic) bond motifs is 1. The van der Waals surface area contributed by atoms with Gasteiger partial charge in [-0.1, -0.05) is 64.9 Å². The van der Waals surface area contributed by atoms with E-state index in [0.717, 1.165) is 5.56 Å². The molecule has 5 rings (SSSR count). The van der Waals surface area contributed by atoms with Crippen molar-refractivity contribution in [3.8, 4) is 11.5 Å². The topological polar surface area (TPSA) is 79.1 Å². The number of hydrogen-bond donors (Lipinski definition) is 0. The molecular formula is C31H25Cl2FN2O5S. The smallest absolute Gasteiger partial charge is 0.338 e. The molecule has 0 radical (unpaired) electrons. The molecule has 0 bridgehead atoms. The van der Waals surface area contributed by atoms with Crippen LogP contribution in [0.5, 0.6) is 11.5 Å². The summed E-state index contributed by atoms with van der Waals surface area (Å²) in [6.07, 6.45) is 1.70. The van der Waals surface area contributed by atoms with Gasteiger partial charge in [-0.3, -0.25) is 9.36 Å². The summed E-state index contributed by atoms with van der Waals surface area (Å²) in [7, 11) is 1.53. The number of methoxy groups -OCH3 is 1. The quantitative estimate of drug-likeness (QED) is 0.230. The molecule has 7 nitrogen and oxygen atoms in total. The summed E-state index contributed by atoms with van der Waals surface area (Å²) < 4.78 is 32.6. The Kier molecular flexibility index (Phi) is 8.82. The zero-order chi connectivity index (χ0) is 30.0. The zero-order valence-electron chi connectivity index (χ0n) is 22.8. The van der Waals surface area contributed by atoms with E-state index in [4.69, 9.17) is 37.4 Å². The lowest BCUT2D eigenvalue weighted by atomic mass is 9.96. The lowest BCUT2D eigenvalue weighted by Gasteiger charge is -2.24. The molecule has 1 aromatic heterocycles. The van der Waals surface area contributed by atoms with Crippen molar-refractivity contribution in [2.75, 3.05) is 13.7 Å². The van der Waals surface area contributed by atoms with Gasteiger partial charge in [-0.2, -0.15) is 0 Å². The fourth-order valence-electron chi connectivity index (χ4n) is 4.64. The number of allylic oxidation sites excluding steroid dienone is 1. The lowest BCUT2D eigenvalue weighted by molar-refractivity contribution is -0.139. The lowest BCUT2D eigenvalue weighted by Crippen LogP contribution is -2.39. The van der Waals surface area contributed by atoms with Crippen LogP contribution in [-0.4, -0.2) is 24.3 Å². The number of thiazole rings is 1. The van der Waals surface area contributed by atoms with E-state index in [1.165, 1.54) is 35.1 Å². The molecule has 11 heteroatoms. The molecule has 0 N–H and O–H groups in total. The molecule has 216 valence electrons. The first-order chi connectivity index (χ1) is 20.2. The van der Waals surface area contributed by atoms with Crippen molar-refractivity contribution >= 4 is 46.6 Å². The number of nitrogens with zero attached hydrogens (tertiary/aromatic N) is 2. The van der Waals surface area contributed by atoms with Crippen LogP contribution < -0.4 is 24.4 Å². The molecule has 0 aliphatic carbocycles. The van der Waals surface area contributed by atoms with Gasteiger partial charge in [-0.25, -0.2) is 14.2 Å². The fourth-order valence-corrected chi connectivity index (χ4v) is 6.00. The minimum Gasteiger partial charge on any atom is -0.493 e. The highest BCUT2D eigenvalue weighted by Crippen LogP contribution is 2.34. The van der Waals surface area contributed by atoms with Crippen molar-refractivity contribution in [1.29, 1.82) is 0 Å². The maximum atomic E-state index is 13.9. The Morgan fingerprint density at radius 1 is 1.12 bits per heavy atom. The minimum atomic E-state index is -0.848. The Morgan fingerprint density at radius 3 is 2.57 bits per heavy atom. The van der Waals surface area contributed by atoms with Crippen LogP contribution in [0.4, 0.5) is 4.39 Å². The molecule has 3 aromatic carbocycles. The monoisotopic (exact) mass is 626 g/mol. The van der Waals surface area contributed by atoms with Crippen molar-refractivity contribution in [2.45, 2.75) is 26.5 Å². The van der Waals surface area contributed by atoms with E-state index in [1.807, 2.05) is 0 Å². The second-order valence-corrected chi connectivity index (χ2v) is 11.1. The number of aromatic nitrogens is 1. The standard InChI is InChI=1S/C31H25Cl2FN2O5S/c1-4-40-30(38)26-17(2)35-31-36(27(26)19-9-11-21(34)12-10-19)29(37)25(42-31)15-20-6-5-7-24(39-3)28(20)41-16-18-8-13-22(32)23(33)14-18/h5-15,27H,4,16H2,1-3H3/b25-15-/t27-/m0/s1. The molecule has 0 saturated carbocycles. The second kappa shape index (κ2) is 12.5. The highest BCUT2D eigenvalue weighted by atomic mass is 35.5. The third kappa shape index (κ3) is 5.86. The number of rotatable bonds is 8. The number of hydrogen-bond acceptors (Lipinski definition) is 7. The van der Waals surface area contributed by atoms with E-state index in [0.29, 0.717) is 47.7 Å². The molecule has 42 heavy (non-hydrogen) atoms. The summed E-state index contributed by atoms with van der Waals surface area (Å²) in [6, 6.07) is 15.4. The third-order valence-corrected chi connectivity index (χ3v) is 8.31. The molecule has 2 heterocycles. The van der Waals surface area contributed by atoms with Crippen LogP contribution in [0, 0.1) is 5.82 Å². The van der Waals surface area contributed by atoms with Crippen LogP contribution in [0.15, 0.2) is 81.7 Å². The maximum Gasteiger partial charge on any atom is 0.338 e. The number of carbonyl (C=O) groups is 1. The van der Waals surface area contributed by atoms with Crippen LogP contribution in [0.25, 0.3) is 6.08 Å². The molecular weight excluding hydrogens is 602 g/mol. The van der Waals surface area contributed by atoms with Gasteiger partial charge in [0.1, 0.15) is 12.4 Å². The predicted octanol–water partition coefficient (Wildman–Crippen LogP) is 5.83. The summed E-state index contributed by atoms with van der Waals surface area (Å²) in [5.74, 6) is -0.124. The molecule has 0 amide bonds. The van der Waals surface area contributed by atoms with E-state index in [1.54, 1.807) is 68.5 Å². The molecule has 1 atom stereocenters. The first kappa shape index (κ1) is 29.6. The van der Waals surface area contributed by atoms with Crippen molar-refractivity contribution in [3.05, 3.63) is 124 Å². The van der Waals surface area contributed by atoms with Gasteiger partial charge >= 0.3 is 5.97 Å². The molecule has 1 aliphatic rings. The van der Waals surface area contributed by atoms with Crippen LogP contribution >= 0.6 is 34.5 Å². The molecule has 0 saturated heterocycles. The Balaban J connectivity index is 1.62. The number of esters is 1. The van der Waals surface area contributed by atoms with Crippen molar-refractivity contribution in [1.82, 2.24) is 4.57 Å². The van der Waals surface area contributed by atoms with Gasteiger partial charge in [0, 0.05) is 5.56 Å². The Morgan fingerprint density at radius 2 is 1.88 bits per heavy atom. The van der Waals surface area contributed by atoms with E-state index in [2.05, 4.69) is 4.99 Å². The number of benzene rings is 3. The average molecular weight is 628 g/mol. The molecule has 0 fully saturated rings. The Bertz CT molecular complexity index is 1880. The number of halogens is 3. The summed E-state index contributed by atoms with van der Waals surface area (Å²) in [5.41, 5.74) is 2.20. The van der Waals surface area contributed by atoms with Crippen LogP contribution in [0.1, 0.15) is 36.6 Å². The van der Waals surface area contributed by atoms with Crippen LogP contribution in [-0.2, 0) is 16.1 Å². The van der Waals surface area contributed by atoms with Gasteiger partial charge in [0.2, 0.25) is 0 Å². The van der Waals surface area contributed by atoms with Gasteiger partial charge in [0.05, 0.1) is 45.6 Å². The van der Waals surface area contributed by atoms with E-state index >= 15 is 0 Å². The normalized spacial score (nSPS) is 14.8. The van der Waals surface area contributed by atoms with E-state index in [-0.39, 0.29) is 24.3 Å². The van der Waals surface area contributed by atoms with Crippen LogP contribution in [0.3, 0.4) is 0 Å². The summed E-state index contributed by atoms with van der Waals surface area (Å²) >= 11 is 13.4. The van der Waals surface area contributed by atoms with Crippen molar-refractivity contribution in [3.63, 3.8) is 0 Å². The second-order valence-electron chi connectivity index (χ2n) is 9.27. The Labute approximate surface area is 254 Å². The first-order valence-electron chi connectivity index (χ1n) is 12.9. The SMILES string of the molecule is CCOC(=O)C1=C(C)N=c2s/c(=C\c3cccc(OC)c3OCc3ccc(Cl)c(Cl)c3)c(=O)n2[C@H]1c1ccc(F)cc1. The number of para-hydroxylation sites is 1. The summed E-state index contributed by atoms with van der Waals surface area (Å²) in [6.45, 7) is 3.71. The van der Waals surface area contributed by atoms with Gasteiger partial charge in [-0.15, -0.1) is 0 Å². The summed E-state index contributed by atoms with van der Waals surface area (Å²) in [4.78, 5) is 32.0. The Hall–Kier alpha value is -3.92. The number of carbonyl (C=O) groups excluding carboxylic acids is 1. The number of ether oxygens (including phenoxy) is 3. The zero-order valence-corrected chi connectivity index (χ0v) is 25.1. The molecule has 0 unspecified atom stereocenters. The van der Waals surface area contributed by atoms with Crippen LogP contribution in [0.2, 0.25) is 10.0 Å². The highest BCUT2D eigenvalue weighted by Gasteiger charge is 2.33. The van der Waals surface area contributed by atoms with Gasteiger partial charge in [-0.05, 0) is 61.4 Å². The molecule has 4 aromatic rings. The van der Waals surface area contributed by atoms with E-state index < -0.39 is 17.8 Å². The third-order valence-electron chi connectivity index (χ3n) is 6.59. The van der Waals surface area contributed by atoms with Crippen molar-refractivity contribution < 1.29 is 23.4 Å². The molecule has 0 spiro atoms. The largest absolute Gasteiger partial charge is 0.493 e. The first-order valence-corrected chi connectivity index (χ1v) is 14.5. The van der Waals surface area contributed by atoms with Gasteiger partial charge in [0.15, 0.2) is 16.3 Å².